The normalized spacial score (nSPS) is 16.5. The van der Waals surface area contributed by atoms with Crippen molar-refractivity contribution in [3.05, 3.63) is 32.7 Å². The van der Waals surface area contributed by atoms with Crippen LogP contribution in [0.3, 0.4) is 0 Å². The van der Waals surface area contributed by atoms with E-state index in [0.717, 1.165) is 53.2 Å². The van der Waals surface area contributed by atoms with Gasteiger partial charge in [-0.2, -0.15) is 0 Å². The van der Waals surface area contributed by atoms with E-state index in [9.17, 15) is 4.79 Å². The van der Waals surface area contributed by atoms with Gasteiger partial charge in [-0.3, -0.25) is 9.69 Å². The molecule has 0 bridgehead atoms. The Labute approximate surface area is 143 Å². The second-order valence-corrected chi connectivity index (χ2v) is 7.71. The van der Waals surface area contributed by atoms with E-state index in [1.165, 1.54) is 6.42 Å². The van der Waals surface area contributed by atoms with Crippen LogP contribution in [0.4, 0.5) is 0 Å². The molecule has 21 heavy (non-hydrogen) atoms. The average molecular weight is 418 g/mol. The number of halogens is 2. The van der Waals surface area contributed by atoms with Crippen LogP contribution in [0.25, 0.3) is 0 Å². The lowest BCUT2D eigenvalue weighted by Gasteiger charge is -2.35. The second-order valence-electron chi connectivity index (χ2n) is 5.94. The van der Waals surface area contributed by atoms with E-state index in [4.69, 9.17) is 0 Å². The highest BCUT2D eigenvalue weighted by molar-refractivity contribution is 9.11. The molecule has 1 heterocycles. The molecule has 1 aliphatic heterocycles. The van der Waals surface area contributed by atoms with Crippen molar-refractivity contribution in [1.82, 2.24) is 9.80 Å². The third-order valence-electron chi connectivity index (χ3n) is 3.84. The van der Waals surface area contributed by atoms with Gasteiger partial charge in [0.05, 0.1) is 5.56 Å². The molecule has 0 radical (unpaired) electrons. The number of carbonyl (C=O) groups excluding carboxylic acids is 1. The fraction of sp³-hybridized carbons (Fsp3) is 0.562. The summed E-state index contributed by atoms with van der Waals surface area (Å²) in [5.41, 5.74) is 0.736. The van der Waals surface area contributed by atoms with Gasteiger partial charge in [-0.05, 0) is 53.0 Å². The third-order valence-corrected chi connectivity index (χ3v) is 5.03. The molecular formula is C16H22Br2N2O. The number of benzene rings is 1. The van der Waals surface area contributed by atoms with Crippen LogP contribution < -0.4 is 0 Å². The Balaban J connectivity index is 1.92. The summed E-state index contributed by atoms with van der Waals surface area (Å²) in [6.45, 7) is 9.23. The Morgan fingerprint density at radius 1 is 1.19 bits per heavy atom. The Morgan fingerprint density at radius 3 is 2.48 bits per heavy atom. The molecule has 0 aromatic heterocycles. The quantitative estimate of drug-likeness (QED) is 0.738. The Morgan fingerprint density at radius 2 is 1.86 bits per heavy atom. The van der Waals surface area contributed by atoms with Crippen molar-refractivity contribution in [1.29, 1.82) is 0 Å². The Hall–Kier alpha value is -0.390. The van der Waals surface area contributed by atoms with Crippen LogP contribution in [0.15, 0.2) is 27.1 Å². The van der Waals surface area contributed by atoms with Crippen LogP contribution >= 0.6 is 31.9 Å². The first kappa shape index (κ1) is 17.0. The van der Waals surface area contributed by atoms with Gasteiger partial charge in [0.15, 0.2) is 0 Å². The summed E-state index contributed by atoms with van der Waals surface area (Å²) in [5, 5.41) is 0. The zero-order valence-electron chi connectivity index (χ0n) is 12.6. The van der Waals surface area contributed by atoms with E-state index in [-0.39, 0.29) is 5.91 Å². The van der Waals surface area contributed by atoms with E-state index < -0.39 is 0 Å². The van der Waals surface area contributed by atoms with Gasteiger partial charge in [0, 0.05) is 35.1 Å². The first-order valence-electron chi connectivity index (χ1n) is 7.44. The van der Waals surface area contributed by atoms with Crippen molar-refractivity contribution in [2.75, 3.05) is 32.7 Å². The number of nitrogens with zero attached hydrogens (tertiary/aromatic N) is 2. The maximum atomic E-state index is 12.6. The van der Waals surface area contributed by atoms with Gasteiger partial charge in [-0.15, -0.1) is 0 Å². The molecule has 3 nitrogen and oxygen atoms in total. The van der Waals surface area contributed by atoms with Crippen molar-refractivity contribution < 1.29 is 4.79 Å². The molecule has 0 spiro atoms. The van der Waals surface area contributed by atoms with Crippen LogP contribution in [-0.2, 0) is 0 Å². The SMILES string of the molecule is CC(C)CCN1CCN(C(=O)c2cc(Br)ccc2Br)CC1. The predicted molar refractivity (Wildman–Crippen MR) is 93.6 cm³/mol. The maximum absolute atomic E-state index is 12.6. The number of piperazine rings is 1. The molecule has 0 aliphatic carbocycles. The summed E-state index contributed by atoms with van der Waals surface area (Å²) in [4.78, 5) is 17.0. The number of hydrogen-bond donors (Lipinski definition) is 0. The van der Waals surface area contributed by atoms with E-state index in [1.54, 1.807) is 0 Å². The van der Waals surface area contributed by atoms with Crippen molar-refractivity contribution >= 4 is 37.8 Å². The summed E-state index contributed by atoms with van der Waals surface area (Å²) in [6, 6.07) is 5.73. The van der Waals surface area contributed by atoms with Crippen molar-refractivity contribution in [2.24, 2.45) is 5.92 Å². The Bertz CT molecular complexity index is 497. The zero-order valence-corrected chi connectivity index (χ0v) is 15.8. The van der Waals surface area contributed by atoms with Crippen molar-refractivity contribution in [3.8, 4) is 0 Å². The number of amides is 1. The molecule has 0 N–H and O–H groups in total. The Kier molecular flexibility index (Phi) is 6.26. The summed E-state index contributed by atoms with van der Waals surface area (Å²) in [7, 11) is 0. The first-order valence-corrected chi connectivity index (χ1v) is 9.02. The molecule has 1 fully saturated rings. The average Bonchev–Trinajstić information content (AvgIpc) is 2.47. The molecule has 1 aliphatic rings. The van der Waals surface area contributed by atoms with Gasteiger partial charge in [0.1, 0.15) is 0 Å². The van der Waals surface area contributed by atoms with Crippen LogP contribution in [0.1, 0.15) is 30.6 Å². The molecule has 0 unspecified atom stereocenters. The summed E-state index contributed by atoms with van der Waals surface area (Å²) < 4.78 is 1.79. The highest BCUT2D eigenvalue weighted by atomic mass is 79.9. The number of carbonyl (C=O) groups is 1. The first-order chi connectivity index (χ1) is 9.97. The smallest absolute Gasteiger partial charge is 0.255 e. The summed E-state index contributed by atoms with van der Waals surface area (Å²) >= 11 is 6.90. The minimum absolute atomic E-state index is 0.117. The van der Waals surface area contributed by atoms with Gasteiger partial charge in [0.2, 0.25) is 0 Å². The van der Waals surface area contributed by atoms with Gasteiger partial charge < -0.3 is 4.90 Å². The largest absolute Gasteiger partial charge is 0.336 e. The molecule has 0 atom stereocenters. The van der Waals surface area contributed by atoms with Gasteiger partial charge in [0.25, 0.3) is 5.91 Å². The minimum atomic E-state index is 0.117. The molecule has 116 valence electrons. The van der Waals surface area contributed by atoms with E-state index in [2.05, 4.69) is 50.6 Å². The second kappa shape index (κ2) is 7.75. The van der Waals surface area contributed by atoms with E-state index in [0.29, 0.717) is 0 Å². The van der Waals surface area contributed by atoms with Gasteiger partial charge in [-0.1, -0.05) is 29.8 Å². The molecule has 0 saturated carbocycles. The number of rotatable bonds is 4. The van der Waals surface area contributed by atoms with Crippen LogP contribution in [0.2, 0.25) is 0 Å². The molecule has 1 amide bonds. The lowest BCUT2D eigenvalue weighted by Crippen LogP contribution is -2.49. The van der Waals surface area contributed by atoms with Crippen LogP contribution in [0, 0.1) is 5.92 Å². The highest BCUT2D eigenvalue weighted by Gasteiger charge is 2.23. The van der Waals surface area contributed by atoms with Gasteiger partial charge >= 0.3 is 0 Å². The third kappa shape index (κ3) is 4.80. The van der Waals surface area contributed by atoms with Crippen LogP contribution in [-0.4, -0.2) is 48.4 Å². The number of hydrogen-bond acceptors (Lipinski definition) is 2. The fourth-order valence-electron chi connectivity index (χ4n) is 2.45. The predicted octanol–water partition coefficient (Wildman–Crippen LogP) is 4.02. The van der Waals surface area contributed by atoms with E-state index >= 15 is 0 Å². The fourth-order valence-corrected chi connectivity index (χ4v) is 3.22. The summed E-state index contributed by atoms with van der Waals surface area (Å²) in [5.74, 6) is 0.856. The maximum Gasteiger partial charge on any atom is 0.255 e. The molecule has 1 aromatic carbocycles. The molecule has 1 aromatic rings. The van der Waals surface area contributed by atoms with E-state index in [1.807, 2.05) is 23.1 Å². The molecular weight excluding hydrogens is 396 g/mol. The summed E-state index contributed by atoms with van der Waals surface area (Å²) in [6.07, 6.45) is 1.23. The standard InChI is InChI=1S/C16H22Br2N2O/c1-12(2)5-6-19-7-9-20(10-8-19)16(21)14-11-13(17)3-4-15(14)18/h3-4,11-12H,5-10H2,1-2H3. The molecule has 5 heteroatoms. The minimum Gasteiger partial charge on any atom is -0.336 e. The van der Waals surface area contributed by atoms with Gasteiger partial charge in [-0.25, -0.2) is 0 Å². The lowest BCUT2D eigenvalue weighted by molar-refractivity contribution is 0.0631. The lowest BCUT2D eigenvalue weighted by atomic mass is 10.1. The monoisotopic (exact) mass is 416 g/mol. The topological polar surface area (TPSA) is 23.6 Å². The molecule has 2 rings (SSSR count). The molecule has 1 saturated heterocycles. The van der Waals surface area contributed by atoms with Crippen molar-refractivity contribution in [2.45, 2.75) is 20.3 Å². The zero-order chi connectivity index (χ0) is 15.4. The highest BCUT2D eigenvalue weighted by Crippen LogP contribution is 2.23. The van der Waals surface area contributed by atoms with Crippen molar-refractivity contribution in [3.63, 3.8) is 0 Å². The van der Waals surface area contributed by atoms with Crippen LogP contribution in [0.5, 0.6) is 0 Å².